The molecule has 0 aliphatic rings. The van der Waals surface area contributed by atoms with E-state index in [1.54, 1.807) is 29.9 Å². The maximum Gasteiger partial charge on any atom is 0.116 e. The Balaban J connectivity index is 2.36. The normalized spacial score (nSPS) is 10.7. The van der Waals surface area contributed by atoms with Crippen molar-refractivity contribution in [1.29, 1.82) is 0 Å². The van der Waals surface area contributed by atoms with E-state index in [1.165, 1.54) is 0 Å². The summed E-state index contributed by atoms with van der Waals surface area (Å²) in [6.45, 7) is 0. The maximum atomic E-state index is 4.36. The Hall–Kier alpha value is -1.81. The molecule has 0 fully saturated rings. The number of pyridine rings is 1. The van der Waals surface area contributed by atoms with Gasteiger partial charge in [0.1, 0.15) is 11.2 Å². The third kappa shape index (κ3) is 1.39. The topological polar surface area (TPSA) is 38.7 Å². The first kappa shape index (κ1) is 8.49. The van der Waals surface area contributed by atoms with E-state index in [2.05, 4.69) is 15.0 Å². The van der Waals surface area contributed by atoms with Crippen molar-refractivity contribution in [3.05, 3.63) is 42.2 Å². The molecule has 0 saturated heterocycles. The van der Waals surface area contributed by atoms with Gasteiger partial charge in [-0.2, -0.15) is 0 Å². The SMILES string of the molecule is c1csc(-c2nccc3nccnc23)c1. The zero-order valence-corrected chi connectivity index (χ0v) is 8.61. The van der Waals surface area contributed by atoms with Gasteiger partial charge in [0.05, 0.1) is 10.4 Å². The van der Waals surface area contributed by atoms with Gasteiger partial charge in [-0.25, -0.2) is 0 Å². The Morgan fingerprint density at radius 2 is 1.87 bits per heavy atom. The predicted octanol–water partition coefficient (Wildman–Crippen LogP) is 2.75. The van der Waals surface area contributed by atoms with Crippen molar-refractivity contribution in [2.75, 3.05) is 0 Å². The summed E-state index contributed by atoms with van der Waals surface area (Å²) in [7, 11) is 0. The first-order chi connectivity index (χ1) is 7.45. The summed E-state index contributed by atoms with van der Waals surface area (Å²) >= 11 is 1.66. The smallest absolute Gasteiger partial charge is 0.116 e. The van der Waals surface area contributed by atoms with Gasteiger partial charge in [0, 0.05) is 18.6 Å². The molecule has 0 N–H and O–H groups in total. The Bertz CT molecular complexity index is 584. The molecule has 0 aromatic carbocycles. The fraction of sp³-hybridized carbons (Fsp3) is 0. The fourth-order valence-corrected chi connectivity index (χ4v) is 2.21. The average molecular weight is 213 g/mol. The fourth-order valence-electron chi connectivity index (χ4n) is 1.49. The maximum absolute atomic E-state index is 4.36. The largest absolute Gasteiger partial charge is 0.253 e. The van der Waals surface area contributed by atoms with Gasteiger partial charge in [-0.05, 0) is 17.5 Å². The summed E-state index contributed by atoms with van der Waals surface area (Å²) in [5.74, 6) is 0. The van der Waals surface area contributed by atoms with Crippen LogP contribution in [-0.4, -0.2) is 15.0 Å². The van der Waals surface area contributed by atoms with Crippen molar-refractivity contribution >= 4 is 22.4 Å². The minimum Gasteiger partial charge on any atom is -0.253 e. The number of thiophene rings is 1. The second kappa shape index (κ2) is 3.40. The molecule has 15 heavy (non-hydrogen) atoms. The van der Waals surface area contributed by atoms with Crippen LogP contribution in [0, 0.1) is 0 Å². The number of hydrogen-bond donors (Lipinski definition) is 0. The molecule has 0 saturated carbocycles. The monoisotopic (exact) mass is 213 g/mol. The highest BCUT2D eigenvalue weighted by Crippen LogP contribution is 2.27. The molecule has 3 aromatic heterocycles. The molecule has 0 unspecified atom stereocenters. The average Bonchev–Trinajstić information content (AvgIpc) is 2.82. The summed E-state index contributed by atoms with van der Waals surface area (Å²) in [5.41, 5.74) is 2.66. The van der Waals surface area contributed by atoms with E-state index < -0.39 is 0 Å². The molecule has 0 amide bonds. The van der Waals surface area contributed by atoms with Gasteiger partial charge in [0.15, 0.2) is 0 Å². The molecular weight excluding hydrogens is 206 g/mol. The van der Waals surface area contributed by atoms with Crippen LogP contribution in [0.5, 0.6) is 0 Å². The van der Waals surface area contributed by atoms with Gasteiger partial charge in [-0.3, -0.25) is 15.0 Å². The van der Waals surface area contributed by atoms with E-state index in [-0.39, 0.29) is 0 Å². The predicted molar refractivity (Wildman–Crippen MR) is 60.6 cm³/mol. The highest BCUT2D eigenvalue weighted by molar-refractivity contribution is 7.13. The second-order valence-corrected chi connectivity index (χ2v) is 4.01. The first-order valence-corrected chi connectivity index (χ1v) is 5.43. The second-order valence-electron chi connectivity index (χ2n) is 3.06. The van der Waals surface area contributed by atoms with E-state index in [0.717, 1.165) is 21.6 Å². The van der Waals surface area contributed by atoms with Crippen LogP contribution in [0.25, 0.3) is 21.6 Å². The summed E-state index contributed by atoms with van der Waals surface area (Å²) in [6.07, 6.45) is 5.16. The van der Waals surface area contributed by atoms with Gasteiger partial charge >= 0.3 is 0 Å². The minimum atomic E-state index is 0.863. The molecule has 0 radical (unpaired) electrons. The van der Waals surface area contributed by atoms with Crippen molar-refractivity contribution in [3.8, 4) is 10.6 Å². The van der Waals surface area contributed by atoms with Gasteiger partial charge in [0.25, 0.3) is 0 Å². The van der Waals surface area contributed by atoms with E-state index >= 15 is 0 Å². The number of hydrogen-bond acceptors (Lipinski definition) is 4. The van der Waals surface area contributed by atoms with Crippen LogP contribution in [0.3, 0.4) is 0 Å². The highest BCUT2D eigenvalue weighted by Gasteiger charge is 2.06. The van der Waals surface area contributed by atoms with Crippen LogP contribution in [-0.2, 0) is 0 Å². The van der Waals surface area contributed by atoms with Crippen LogP contribution < -0.4 is 0 Å². The van der Waals surface area contributed by atoms with Crippen molar-refractivity contribution in [3.63, 3.8) is 0 Å². The number of aromatic nitrogens is 3. The summed E-state index contributed by atoms with van der Waals surface area (Å²) in [6, 6.07) is 5.93. The van der Waals surface area contributed by atoms with Crippen molar-refractivity contribution < 1.29 is 0 Å². The lowest BCUT2D eigenvalue weighted by Crippen LogP contribution is -1.88. The molecule has 0 spiro atoms. The van der Waals surface area contributed by atoms with Gasteiger partial charge < -0.3 is 0 Å². The Kier molecular flexibility index (Phi) is 1.93. The summed E-state index contributed by atoms with van der Waals surface area (Å²) < 4.78 is 0. The minimum absolute atomic E-state index is 0.863. The molecule has 3 aromatic rings. The van der Waals surface area contributed by atoms with Crippen LogP contribution >= 0.6 is 11.3 Å². The summed E-state index contributed by atoms with van der Waals surface area (Å²) in [4.78, 5) is 14.1. The quantitative estimate of drug-likeness (QED) is 0.624. The standard InChI is InChI=1S/C11H7N3S/c1-2-9(15-7-1)11-10-8(3-4-13-11)12-5-6-14-10/h1-7H. The van der Waals surface area contributed by atoms with E-state index in [1.807, 2.05) is 23.6 Å². The number of fused-ring (bicyclic) bond motifs is 1. The molecule has 0 bridgehead atoms. The Morgan fingerprint density at radius 1 is 0.933 bits per heavy atom. The van der Waals surface area contributed by atoms with Crippen molar-refractivity contribution in [2.45, 2.75) is 0 Å². The zero-order valence-electron chi connectivity index (χ0n) is 7.79. The third-order valence-electron chi connectivity index (χ3n) is 2.14. The van der Waals surface area contributed by atoms with Gasteiger partial charge in [-0.15, -0.1) is 11.3 Å². The lowest BCUT2D eigenvalue weighted by Gasteiger charge is -2.00. The van der Waals surface area contributed by atoms with Crippen LogP contribution in [0.4, 0.5) is 0 Å². The van der Waals surface area contributed by atoms with E-state index in [4.69, 9.17) is 0 Å². The van der Waals surface area contributed by atoms with E-state index in [0.29, 0.717) is 0 Å². The third-order valence-corrected chi connectivity index (χ3v) is 3.02. The number of rotatable bonds is 1. The first-order valence-electron chi connectivity index (χ1n) is 4.55. The Labute approximate surface area is 90.5 Å². The molecular formula is C11H7N3S. The lowest BCUT2D eigenvalue weighted by atomic mass is 10.2. The lowest BCUT2D eigenvalue weighted by molar-refractivity contribution is 1.25. The van der Waals surface area contributed by atoms with Crippen LogP contribution in [0.15, 0.2) is 42.2 Å². The van der Waals surface area contributed by atoms with Crippen molar-refractivity contribution in [2.24, 2.45) is 0 Å². The molecule has 0 atom stereocenters. The molecule has 4 heteroatoms. The van der Waals surface area contributed by atoms with Crippen LogP contribution in [0.2, 0.25) is 0 Å². The summed E-state index contributed by atoms with van der Waals surface area (Å²) in [5, 5.41) is 2.03. The molecule has 3 heterocycles. The van der Waals surface area contributed by atoms with E-state index in [9.17, 15) is 0 Å². The molecule has 0 aliphatic carbocycles. The number of nitrogens with zero attached hydrogens (tertiary/aromatic N) is 3. The molecule has 3 nitrogen and oxygen atoms in total. The zero-order chi connectivity index (χ0) is 10.1. The van der Waals surface area contributed by atoms with Crippen molar-refractivity contribution in [1.82, 2.24) is 15.0 Å². The van der Waals surface area contributed by atoms with Crippen LogP contribution in [0.1, 0.15) is 0 Å². The van der Waals surface area contributed by atoms with Gasteiger partial charge in [-0.1, -0.05) is 6.07 Å². The van der Waals surface area contributed by atoms with Gasteiger partial charge in [0.2, 0.25) is 0 Å². The molecule has 3 rings (SSSR count). The molecule has 0 aliphatic heterocycles. The molecule has 72 valence electrons. The Morgan fingerprint density at radius 3 is 2.73 bits per heavy atom. The highest BCUT2D eigenvalue weighted by atomic mass is 32.1.